The third-order valence-electron chi connectivity index (χ3n) is 3.67. The number of piperidine rings is 1. The summed E-state index contributed by atoms with van der Waals surface area (Å²) in [6.45, 7) is 2.33. The van der Waals surface area contributed by atoms with Crippen molar-refractivity contribution >= 4 is 21.6 Å². The average Bonchev–Trinajstić information content (AvgIpc) is 2.80. The van der Waals surface area contributed by atoms with Gasteiger partial charge in [-0.05, 0) is 66.3 Å². The molecule has 1 aliphatic rings. The lowest BCUT2D eigenvalue weighted by atomic mass is 9.93. The van der Waals surface area contributed by atoms with Gasteiger partial charge in [0.1, 0.15) is 5.82 Å². The number of hydrogen-bond acceptors (Lipinski definition) is 3. The Morgan fingerprint density at radius 3 is 2.94 bits per heavy atom. The third kappa shape index (κ3) is 2.57. The molecule has 4 nitrogen and oxygen atoms in total. The third-order valence-corrected chi connectivity index (χ3v) is 4.14. The summed E-state index contributed by atoms with van der Waals surface area (Å²) in [5.41, 5.74) is 0.929. The molecule has 0 saturated carbocycles. The Morgan fingerprint density at radius 1 is 1.28 bits per heavy atom. The number of aryl methyl sites for hydroxylation is 1. The van der Waals surface area contributed by atoms with E-state index in [4.69, 9.17) is 0 Å². The monoisotopic (exact) mass is 308 g/mol. The Labute approximate surface area is 115 Å². The van der Waals surface area contributed by atoms with Gasteiger partial charge in [0.2, 0.25) is 0 Å². The van der Waals surface area contributed by atoms with Crippen molar-refractivity contribution in [3.8, 4) is 0 Å². The number of aromatic nitrogens is 3. The molecule has 1 fully saturated rings. The molecule has 0 aliphatic carbocycles. The summed E-state index contributed by atoms with van der Waals surface area (Å²) >= 11 is 3.49. The molecule has 0 bridgehead atoms. The highest BCUT2D eigenvalue weighted by molar-refractivity contribution is 9.10. The molecule has 0 atom stereocenters. The Hall–Kier alpha value is -0.940. The fourth-order valence-corrected chi connectivity index (χ4v) is 2.92. The predicted molar refractivity (Wildman–Crippen MR) is 74.6 cm³/mol. The largest absolute Gasteiger partial charge is 0.317 e. The molecule has 1 saturated heterocycles. The molecule has 0 unspecified atom stereocenters. The Kier molecular flexibility index (Phi) is 3.61. The molecule has 1 N–H and O–H groups in total. The lowest BCUT2D eigenvalue weighted by Gasteiger charge is -2.21. The maximum absolute atomic E-state index is 4.30. The highest BCUT2D eigenvalue weighted by atomic mass is 79.9. The Balaban J connectivity index is 1.72. The van der Waals surface area contributed by atoms with Crippen molar-refractivity contribution in [3.05, 3.63) is 28.6 Å². The van der Waals surface area contributed by atoms with Crippen LogP contribution in [0.15, 0.2) is 22.8 Å². The van der Waals surface area contributed by atoms with E-state index in [1.54, 1.807) is 0 Å². The van der Waals surface area contributed by atoms with Gasteiger partial charge in [-0.1, -0.05) is 0 Å². The number of pyridine rings is 1. The summed E-state index contributed by atoms with van der Waals surface area (Å²) in [7, 11) is 0. The van der Waals surface area contributed by atoms with Gasteiger partial charge in [0, 0.05) is 17.1 Å². The van der Waals surface area contributed by atoms with Gasteiger partial charge in [0.25, 0.3) is 0 Å². The fraction of sp³-hybridized carbons (Fsp3) is 0.538. The van der Waals surface area contributed by atoms with Gasteiger partial charge in [0.15, 0.2) is 5.65 Å². The lowest BCUT2D eigenvalue weighted by molar-refractivity contribution is 0.352. The number of halogens is 1. The molecule has 0 spiro atoms. The van der Waals surface area contributed by atoms with E-state index in [0.717, 1.165) is 41.4 Å². The summed E-state index contributed by atoms with van der Waals surface area (Å²) in [5, 5.41) is 11.9. The van der Waals surface area contributed by atoms with Crippen LogP contribution in [0.25, 0.3) is 5.65 Å². The lowest BCUT2D eigenvalue weighted by Crippen LogP contribution is -2.28. The Morgan fingerprint density at radius 2 is 2.11 bits per heavy atom. The zero-order valence-electron chi connectivity index (χ0n) is 10.3. The van der Waals surface area contributed by atoms with Gasteiger partial charge in [-0.2, -0.15) is 0 Å². The minimum Gasteiger partial charge on any atom is -0.317 e. The minimum absolute atomic E-state index is 0.839. The van der Waals surface area contributed by atoms with Gasteiger partial charge in [-0.25, -0.2) is 0 Å². The van der Waals surface area contributed by atoms with E-state index in [1.165, 1.54) is 19.3 Å². The van der Waals surface area contributed by atoms with Crippen LogP contribution in [0, 0.1) is 5.92 Å². The molecular formula is C13H17BrN4. The summed E-state index contributed by atoms with van der Waals surface area (Å²) in [6, 6.07) is 3.99. The van der Waals surface area contributed by atoms with Gasteiger partial charge in [0.05, 0.1) is 0 Å². The van der Waals surface area contributed by atoms with E-state index in [1.807, 2.05) is 18.3 Å². The molecule has 18 heavy (non-hydrogen) atoms. The van der Waals surface area contributed by atoms with Crippen LogP contribution in [0.2, 0.25) is 0 Å². The maximum atomic E-state index is 4.30. The van der Waals surface area contributed by atoms with Crippen molar-refractivity contribution < 1.29 is 0 Å². The van der Waals surface area contributed by atoms with Crippen molar-refractivity contribution in [2.45, 2.75) is 25.7 Å². The topological polar surface area (TPSA) is 42.2 Å². The molecule has 1 aliphatic heterocycles. The van der Waals surface area contributed by atoms with E-state index in [0.29, 0.717) is 0 Å². The van der Waals surface area contributed by atoms with E-state index in [-0.39, 0.29) is 0 Å². The normalized spacial score (nSPS) is 17.4. The van der Waals surface area contributed by atoms with E-state index in [2.05, 4.69) is 35.8 Å². The molecule has 0 amide bonds. The first-order valence-corrected chi connectivity index (χ1v) is 7.32. The van der Waals surface area contributed by atoms with Crippen LogP contribution in [0.4, 0.5) is 0 Å². The SMILES string of the molecule is Brc1ccc2nnc(CCC3CCNCC3)n2c1. The zero-order valence-corrected chi connectivity index (χ0v) is 11.9. The average molecular weight is 309 g/mol. The summed E-state index contributed by atoms with van der Waals surface area (Å²) in [5.74, 6) is 1.91. The highest BCUT2D eigenvalue weighted by Crippen LogP contribution is 2.19. The van der Waals surface area contributed by atoms with Crippen molar-refractivity contribution in [2.75, 3.05) is 13.1 Å². The minimum atomic E-state index is 0.839. The van der Waals surface area contributed by atoms with Crippen LogP contribution in [0.5, 0.6) is 0 Å². The molecule has 0 aromatic carbocycles. The molecule has 3 heterocycles. The van der Waals surface area contributed by atoms with Crippen LogP contribution in [-0.2, 0) is 6.42 Å². The molecule has 96 valence electrons. The standard InChI is InChI=1S/C13H17BrN4/c14-11-2-4-13-17-16-12(18(13)9-11)3-1-10-5-7-15-8-6-10/h2,4,9-10,15H,1,3,5-8H2. The number of nitrogens with zero attached hydrogens (tertiary/aromatic N) is 3. The number of rotatable bonds is 3. The second-order valence-electron chi connectivity index (χ2n) is 4.92. The summed E-state index contributed by atoms with van der Waals surface area (Å²) in [6.07, 6.45) is 6.87. The van der Waals surface area contributed by atoms with Gasteiger partial charge in [-0.15, -0.1) is 10.2 Å². The fourth-order valence-electron chi connectivity index (χ4n) is 2.59. The molecule has 2 aromatic rings. The number of fused-ring (bicyclic) bond motifs is 1. The van der Waals surface area contributed by atoms with Gasteiger partial charge in [-0.3, -0.25) is 4.40 Å². The highest BCUT2D eigenvalue weighted by Gasteiger charge is 2.14. The predicted octanol–water partition coefficient (Wildman–Crippen LogP) is 2.42. The number of hydrogen-bond donors (Lipinski definition) is 1. The van der Waals surface area contributed by atoms with Crippen molar-refractivity contribution in [1.29, 1.82) is 0 Å². The Bertz CT molecular complexity index is 531. The molecule has 5 heteroatoms. The van der Waals surface area contributed by atoms with Gasteiger partial charge >= 0.3 is 0 Å². The smallest absolute Gasteiger partial charge is 0.160 e. The molecular weight excluding hydrogens is 292 g/mol. The van der Waals surface area contributed by atoms with Crippen LogP contribution >= 0.6 is 15.9 Å². The van der Waals surface area contributed by atoms with E-state index < -0.39 is 0 Å². The van der Waals surface area contributed by atoms with E-state index in [9.17, 15) is 0 Å². The van der Waals surface area contributed by atoms with Crippen LogP contribution in [0.1, 0.15) is 25.1 Å². The van der Waals surface area contributed by atoms with Gasteiger partial charge < -0.3 is 5.32 Å². The molecule has 3 rings (SSSR count). The zero-order chi connectivity index (χ0) is 12.4. The first-order chi connectivity index (χ1) is 8.83. The second-order valence-corrected chi connectivity index (χ2v) is 5.84. The first kappa shape index (κ1) is 12.1. The van der Waals surface area contributed by atoms with E-state index >= 15 is 0 Å². The maximum Gasteiger partial charge on any atom is 0.160 e. The molecule has 2 aromatic heterocycles. The van der Waals surface area contributed by atoms with Crippen LogP contribution in [0.3, 0.4) is 0 Å². The van der Waals surface area contributed by atoms with Crippen molar-refractivity contribution in [1.82, 2.24) is 19.9 Å². The molecule has 0 radical (unpaired) electrons. The quantitative estimate of drug-likeness (QED) is 0.947. The van der Waals surface area contributed by atoms with Crippen molar-refractivity contribution in [2.24, 2.45) is 5.92 Å². The van der Waals surface area contributed by atoms with Crippen LogP contribution < -0.4 is 5.32 Å². The van der Waals surface area contributed by atoms with Crippen LogP contribution in [-0.4, -0.2) is 27.7 Å². The number of nitrogens with one attached hydrogen (secondary N) is 1. The first-order valence-electron chi connectivity index (χ1n) is 6.53. The second kappa shape index (κ2) is 5.36. The summed E-state index contributed by atoms with van der Waals surface area (Å²) in [4.78, 5) is 0. The van der Waals surface area contributed by atoms with Crippen molar-refractivity contribution in [3.63, 3.8) is 0 Å². The summed E-state index contributed by atoms with van der Waals surface area (Å²) < 4.78 is 3.16.